The predicted molar refractivity (Wildman–Crippen MR) is 173 cm³/mol. The van der Waals surface area contributed by atoms with Gasteiger partial charge in [-0.2, -0.15) is 0 Å². The van der Waals surface area contributed by atoms with Gasteiger partial charge in [-0.3, -0.25) is 14.5 Å². The number of carbonyl (C=O) groups excluding carboxylic acids is 2. The smallest absolute Gasteiger partial charge is 0.293 e. The molecule has 6 rings (SSSR count). The van der Waals surface area contributed by atoms with Crippen LogP contribution in [0.3, 0.4) is 0 Å². The number of hydrogen-bond acceptors (Lipinski definition) is 6. The summed E-state index contributed by atoms with van der Waals surface area (Å²) in [5, 5.41) is 4.27. The van der Waals surface area contributed by atoms with Crippen molar-refractivity contribution < 1.29 is 23.8 Å². The highest BCUT2D eigenvalue weighted by molar-refractivity contribution is 8.18. The van der Waals surface area contributed by atoms with Crippen LogP contribution >= 0.6 is 23.4 Å². The summed E-state index contributed by atoms with van der Waals surface area (Å²) in [6.07, 6.45) is 1.65. The van der Waals surface area contributed by atoms with E-state index < -0.39 is 0 Å². The van der Waals surface area contributed by atoms with Gasteiger partial charge >= 0.3 is 0 Å². The molecule has 1 aliphatic rings. The second kappa shape index (κ2) is 12.8. The van der Waals surface area contributed by atoms with Gasteiger partial charge in [0.05, 0.1) is 23.1 Å². The minimum atomic E-state index is -0.373. The number of benzene rings is 5. The third-order valence-corrected chi connectivity index (χ3v) is 8.27. The molecule has 0 N–H and O–H groups in total. The van der Waals surface area contributed by atoms with E-state index in [1.807, 2.05) is 73.7 Å². The molecule has 0 radical (unpaired) electrons. The molecule has 0 aliphatic carbocycles. The van der Waals surface area contributed by atoms with Crippen LogP contribution in [0.25, 0.3) is 27.6 Å². The number of halogens is 1. The van der Waals surface area contributed by atoms with Crippen molar-refractivity contribution in [1.82, 2.24) is 4.90 Å². The molecular formula is C35H28ClNO5S. The first-order valence-corrected chi connectivity index (χ1v) is 15.1. The van der Waals surface area contributed by atoms with Crippen LogP contribution in [0, 0.1) is 0 Å². The zero-order chi connectivity index (χ0) is 29.8. The fourth-order valence-corrected chi connectivity index (χ4v) is 6.19. The predicted octanol–water partition coefficient (Wildman–Crippen LogP) is 8.74. The zero-order valence-corrected chi connectivity index (χ0v) is 25.0. The molecule has 0 bridgehead atoms. The van der Waals surface area contributed by atoms with Gasteiger partial charge in [0.25, 0.3) is 11.1 Å². The van der Waals surface area contributed by atoms with E-state index in [2.05, 4.69) is 18.2 Å². The number of ether oxygens (including phenoxy) is 3. The van der Waals surface area contributed by atoms with E-state index in [9.17, 15) is 9.59 Å². The van der Waals surface area contributed by atoms with E-state index in [0.717, 1.165) is 38.9 Å². The average Bonchev–Trinajstić information content (AvgIpc) is 3.28. The quantitative estimate of drug-likeness (QED) is 0.148. The van der Waals surface area contributed by atoms with Crippen molar-refractivity contribution in [2.75, 3.05) is 19.8 Å². The lowest BCUT2D eigenvalue weighted by Crippen LogP contribution is -2.32. The van der Waals surface area contributed by atoms with Gasteiger partial charge in [-0.05, 0) is 70.2 Å². The van der Waals surface area contributed by atoms with Gasteiger partial charge in [-0.15, -0.1) is 0 Å². The second-order valence-corrected chi connectivity index (χ2v) is 11.2. The number of nitrogens with zero attached hydrogens (tertiary/aromatic N) is 1. The number of imide groups is 1. The van der Waals surface area contributed by atoms with Gasteiger partial charge in [0, 0.05) is 5.39 Å². The van der Waals surface area contributed by atoms with Crippen molar-refractivity contribution in [2.45, 2.75) is 13.5 Å². The van der Waals surface area contributed by atoms with Crippen LogP contribution in [-0.2, 0) is 11.4 Å². The van der Waals surface area contributed by atoms with E-state index in [0.29, 0.717) is 46.0 Å². The first-order chi connectivity index (χ1) is 21.0. The number of fused-ring (bicyclic) bond motifs is 2. The highest BCUT2D eigenvalue weighted by Crippen LogP contribution is 2.40. The Labute approximate surface area is 258 Å². The van der Waals surface area contributed by atoms with Gasteiger partial charge in [0.1, 0.15) is 19.0 Å². The SMILES string of the molecule is CCOc1cc(/C=C2\SC(=O)N(CCOc3cccc4ccccc34)C2=O)cc(Cl)c1OCc1cccc2ccccc12. The molecule has 216 valence electrons. The Hall–Kier alpha value is -4.46. The van der Waals surface area contributed by atoms with Crippen LogP contribution in [-0.4, -0.2) is 35.8 Å². The van der Waals surface area contributed by atoms with Crippen LogP contribution in [0.1, 0.15) is 18.1 Å². The molecule has 5 aromatic carbocycles. The standard InChI is InChI=1S/C35H28ClNO5S/c1-2-40-31-20-23(19-29(36)33(31)42-22-26-13-7-11-24-9-3-5-14-27(24)26)21-32-34(38)37(35(39)43-32)17-18-41-30-16-8-12-25-10-4-6-15-28(25)30/h3-16,19-21H,2,17-18,22H2,1H3/b32-21-. The van der Waals surface area contributed by atoms with Gasteiger partial charge < -0.3 is 14.2 Å². The summed E-state index contributed by atoms with van der Waals surface area (Å²) in [5.41, 5.74) is 1.65. The topological polar surface area (TPSA) is 65.1 Å². The molecule has 0 aromatic heterocycles. The molecule has 8 heteroatoms. The monoisotopic (exact) mass is 609 g/mol. The molecule has 5 aromatic rings. The van der Waals surface area contributed by atoms with Gasteiger partial charge in [0.2, 0.25) is 0 Å². The molecule has 43 heavy (non-hydrogen) atoms. The van der Waals surface area contributed by atoms with Crippen molar-refractivity contribution >= 4 is 62.1 Å². The summed E-state index contributed by atoms with van der Waals surface area (Å²) in [4.78, 5) is 27.4. The lowest BCUT2D eigenvalue weighted by molar-refractivity contribution is -0.123. The molecule has 0 atom stereocenters. The maximum atomic E-state index is 13.2. The molecule has 1 aliphatic heterocycles. The molecule has 0 unspecified atom stereocenters. The fourth-order valence-electron chi connectivity index (χ4n) is 5.06. The number of thioether (sulfide) groups is 1. The Balaban J connectivity index is 1.16. The lowest BCUT2D eigenvalue weighted by Gasteiger charge is -2.16. The van der Waals surface area contributed by atoms with Gasteiger partial charge in [-0.25, -0.2) is 0 Å². The third-order valence-electron chi connectivity index (χ3n) is 7.08. The van der Waals surface area contributed by atoms with Crippen molar-refractivity contribution in [3.63, 3.8) is 0 Å². The lowest BCUT2D eigenvalue weighted by atomic mass is 10.1. The molecule has 1 fully saturated rings. The van der Waals surface area contributed by atoms with Crippen LogP contribution in [0.5, 0.6) is 17.2 Å². The average molecular weight is 610 g/mol. The summed E-state index contributed by atoms with van der Waals surface area (Å²) < 4.78 is 18.0. The van der Waals surface area contributed by atoms with E-state index >= 15 is 0 Å². The van der Waals surface area contributed by atoms with E-state index in [1.54, 1.807) is 18.2 Å². The number of rotatable bonds is 10. The minimum Gasteiger partial charge on any atom is -0.491 e. The summed E-state index contributed by atoms with van der Waals surface area (Å²) in [5.74, 6) is 1.22. The maximum Gasteiger partial charge on any atom is 0.293 e. The molecule has 2 amide bonds. The molecule has 6 nitrogen and oxygen atoms in total. The fraction of sp³-hybridized carbons (Fsp3) is 0.143. The molecule has 1 saturated heterocycles. The molecule has 0 spiro atoms. The molecular weight excluding hydrogens is 582 g/mol. The van der Waals surface area contributed by atoms with Crippen molar-refractivity contribution in [2.24, 2.45) is 0 Å². The summed E-state index contributed by atoms with van der Waals surface area (Å²) in [7, 11) is 0. The molecule has 0 saturated carbocycles. The Morgan fingerprint density at radius 3 is 2.28 bits per heavy atom. The van der Waals surface area contributed by atoms with E-state index in [-0.39, 0.29) is 24.3 Å². The summed E-state index contributed by atoms with van der Waals surface area (Å²) in [6, 6.07) is 31.4. The molecule has 1 heterocycles. The Morgan fingerprint density at radius 2 is 1.49 bits per heavy atom. The number of carbonyl (C=O) groups is 2. The Morgan fingerprint density at radius 1 is 0.791 bits per heavy atom. The van der Waals surface area contributed by atoms with E-state index in [1.165, 1.54) is 4.90 Å². The van der Waals surface area contributed by atoms with Crippen molar-refractivity contribution in [3.8, 4) is 17.2 Å². The van der Waals surface area contributed by atoms with E-state index in [4.69, 9.17) is 25.8 Å². The Kier molecular flexibility index (Phi) is 8.54. The minimum absolute atomic E-state index is 0.136. The zero-order valence-electron chi connectivity index (χ0n) is 23.4. The number of amides is 2. The van der Waals surface area contributed by atoms with Crippen LogP contribution < -0.4 is 14.2 Å². The maximum absolute atomic E-state index is 13.2. The highest BCUT2D eigenvalue weighted by atomic mass is 35.5. The largest absolute Gasteiger partial charge is 0.491 e. The van der Waals surface area contributed by atoms with Crippen LogP contribution in [0.4, 0.5) is 4.79 Å². The normalized spacial score (nSPS) is 14.2. The van der Waals surface area contributed by atoms with Gasteiger partial charge in [0.15, 0.2) is 11.5 Å². The first kappa shape index (κ1) is 28.6. The summed E-state index contributed by atoms with van der Waals surface area (Å²) in [6.45, 7) is 2.90. The Bertz CT molecular complexity index is 1860. The van der Waals surface area contributed by atoms with Crippen LogP contribution in [0.2, 0.25) is 5.02 Å². The second-order valence-electron chi connectivity index (χ2n) is 9.85. The third kappa shape index (κ3) is 6.19. The number of hydrogen-bond donors (Lipinski definition) is 0. The van der Waals surface area contributed by atoms with Gasteiger partial charge in [-0.1, -0.05) is 90.5 Å². The van der Waals surface area contributed by atoms with Crippen LogP contribution in [0.15, 0.2) is 102 Å². The van der Waals surface area contributed by atoms with Crippen molar-refractivity contribution in [3.05, 3.63) is 118 Å². The highest BCUT2D eigenvalue weighted by Gasteiger charge is 2.35. The first-order valence-electron chi connectivity index (χ1n) is 13.9. The van der Waals surface area contributed by atoms with Crippen molar-refractivity contribution in [1.29, 1.82) is 0 Å². The summed E-state index contributed by atoms with van der Waals surface area (Å²) >= 11 is 7.57.